The van der Waals surface area contributed by atoms with Gasteiger partial charge in [-0.1, -0.05) is 48.5 Å². The Hall–Kier alpha value is -0.860. The molecule has 2 fully saturated rings. The highest BCUT2D eigenvalue weighted by molar-refractivity contribution is 5.85. The topological polar surface area (TPSA) is 43.4 Å². The van der Waals surface area contributed by atoms with Crippen LogP contribution in [0.4, 0.5) is 0 Å². The number of ketones is 1. The monoisotopic (exact) mass is 350 g/mol. The highest BCUT2D eigenvalue weighted by atomic mass is 16.5. The van der Waals surface area contributed by atoms with E-state index < -0.39 is 5.41 Å². The van der Waals surface area contributed by atoms with E-state index in [9.17, 15) is 9.59 Å². The zero-order valence-corrected chi connectivity index (χ0v) is 17.8. The van der Waals surface area contributed by atoms with E-state index in [1.54, 1.807) is 0 Å². The summed E-state index contributed by atoms with van der Waals surface area (Å²) in [6, 6.07) is 0. The zero-order valence-electron chi connectivity index (χ0n) is 17.8. The van der Waals surface area contributed by atoms with E-state index in [0.717, 1.165) is 12.8 Å². The Bertz CT molecular complexity index is 552. The van der Waals surface area contributed by atoms with Crippen LogP contribution in [-0.2, 0) is 14.3 Å². The van der Waals surface area contributed by atoms with E-state index in [-0.39, 0.29) is 40.0 Å². The number of Topliss-reactive ketones (excluding diaryl/α,β-unsaturated/α-hetero) is 1. The van der Waals surface area contributed by atoms with Crippen LogP contribution in [0.3, 0.4) is 0 Å². The van der Waals surface area contributed by atoms with Gasteiger partial charge in [-0.05, 0) is 50.4 Å². The lowest BCUT2D eigenvalue weighted by atomic mass is 9.69. The highest BCUT2D eigenvalue weighted by Crippen LogP contribution is 2.66. The lowest BCUT2D eigenvalue weighted by molar-refractivity contribution is -0.170. The molecule has 144 valence electrons. The Labute approximate surface area is 154 Å². The van der Waals surface area contributed by atoms with Crippen LogP contribution < -0.4 is 0 Å². The maximum absolute atomic E-state index is 13.0. The fraction of sp³-hybridized carbons (Fsp3) is 0.909. The summed E-state index contributed by atoms with van der Waals surface area (Å²) in [5.41, 5.74) is -0.705. The molecule has 0 aromatic heterocycles. The van der Waals surface area contributed by atoms with Gasteiger partial charge in [0.2, 0.25) is 0 Å². The predicted molar refractivity (Wildman–Crippen MR) is 101 cm³/mol. The highest BCUT2D eigenvalue weighted by Gasteiger charge is 2.63. The van der Waals surface area contributed by atoms with E-state index >= 15 is 0 Å². The average Bonchev–Trinajstić information content (AvgIpc) is 2.79. The summed E-state index contributed by atoms with van der Waals surface area (Å²) in [5, 5.41) is 0. The van der Waals surface area contributed by atoms with Crippen LogP contribution in [0.1, 0.15) is 88.0 Å². The SMILES string of the molecule is CC(CC(=O)C(C)(C)C)C(C)(C)C(=O)OC1C[C@H]2CC[C@]1(C)C2(C)C. The average molecular weight is 351 g/mol. The van der Waals surface area contributed by atoms with E-state index in [1.807, 2.05) is 41.5 Å². The molecule has 2 aliphatic rings. The van der Waals surface area contributed by atoms with Crippen molar-refractivity contribution in [2.75, 3.05) is 0 Å². The Morgan fingerprint density at radius 1 is 1.12 bits per heavy atom. The molecule has 2 rings (SSSR count). The molecule has 0 aromatic rings. The van der Waals surface area contributed by atoms with Crippen molar-refractivity contribution in [2.45, 2.75) is 94.1 Å². The number of ether oxygens (including phenoxy) is 1. The predicted octanol–water partition coefficient (Wildman–Crippen LogP) is 5.41. The molecule has 0 spiro atoms. The van der Waals surface area contributed by atoms with Gasteiger partial charge in [0, 0.05) is 17.3 Å². The number of carbonyl (C=O) groups is 2. The van der Waals surface area contributed by atoms with Crippen molar-refractivity contribution in [1.29, 1.82) is 0 Å². The van der Waals surface area contributed by atoms with Gasteiger partial charge in [-0.15, -0.1) is 0 Å². The van der Waals surface area contributed by atoms with Crippen LogP contribution >= 0.6 is 0 Å². The van der Waals surface area contributed by atoms with Crippen molar-refractivity contribution in [3.8, 4) is 0 Å². The first-order valence-corrected chi connectivity index (χ1v) is 9.88. The van der Waals surface area contributed by atoms with E-state index in [1.165, 1.54) is 6.42 Å². The summed E-state index contributed by atoms with van der Waals surface area (Å²) in [6.45, 7) is 18.6. The summed E-state index contributed by atoms with van der Waals surface area (Å²) >= 11 is 0. The molecule has 0 radical (unpaired) electrons. The number of hydrogen-bond donors (Lipinski definition) is 0. The maximum atomic E-state index is 13.0. The normalized spacial score (nSPS) is 32.5. The molecular formula is C22H38O3. The largest absolute Gasteiger partial charge is 0.461 e. The summed E-state index contributed by atoms with van der Waals surface area (Å²) in [7, 11) is 0. The van der Waals surface area contributed by atoms with Crippen molar-refractivity contribution in [2.24, 2.45) is 33.5 Å². The smallest absolute Gasteiger partial charge is 0.312 e. The third-order valence-corrected chi connectivity index (χ3v) is 8.05. The van der Waals surface area contributed by atoms with Gasteiger partial charge in [-0.25, -0.2) is 0 Å². The standard InChI is InChI=1S/C22H38O3/c1-14(12-16(23)19(2,3)4)20(5,6)18(24)25-17-13-15-10-11-22(17,9)21(15,7)8/h14-15,17H,10-13H2,1-9H3/t14?,15-,17?,22+/m1/s1. The molecule has 2 bridgehead atoms. The van der Waals surface area contributed by atoms with E-state index in [2.05, 4.69) is 20.8 Å². The fourth-order valence-corrected chi connectivity index (χ4v) is 4.63. The Morgan fingerprint density at radius 2 is 1.68 bits per heavy atom. The molecule has 25 heavy (non-hydrogen) atoms. The Kier molecular flexibility index (Phi) is 4.99. The van der Waals surface area contributed by atoms with Gasteiger partial charge in [-0.3, -0.25) is 9.59 Å². The fourth-order valence-electron chi connectivity index (χ4n) is 4.63. The molecule has 3 nitrogen and oxygen atoms in total. The van der Waals surface area contributed by atoms with Crippen LogP contribution in [0.5, 0.6) is 0 Å². The molecule has 2 unspecified atom stereocenters. The lowest BCUT2D eigenvalue weighted by Crippen LogP contribution is -2.43. The van der Waals surface area contributed by atoms with Crippen LogP contribution in [0.2, 0.25) is 0 Å². The molecule has 2 aliphatic carbocycles. The van der Waals surface area contributed by atoms with Crippen LogP contribution in [-0.4, -0.2) is 17.9 Å². The van der Waals surface area contributed by atoms with Crippen molar-refractivity contribution < 1.29 is 14.3 Å². The maximum Gasteiger partial charge on any atom is 0.312 e. The molecule has 4 atom stereocenters. The molecular weight excluding hydrogens is 312 g/mol. The second-order valence-electron chi connectivity index (χ2n) is 11.0. The molecule has 0 heterocycles. The molecule has 0 saturated heterocycles. The summed E-state index contributed by atoms with van der Waals surface area (Å²) < 4.78 is 6.09. The molecule has 3 heteroatoms. The van der Waals surface area contributed by atoms with Gasteiger partial charge in [0.25, 0.3) is 0 Å². The van der Waals surface area contributed by atoms with Gasteiger partial charge in [0.05, 0.1) is 5.41 Å². The minimum absolute atomic E-state index is 0.0125. The van der Waals surface area contributed by atoms with Gasteiger partial charge < -0.3 is 4.74 Å². The second kappa shape index (κ2) is 6.09. The third kappa shape index (κ3) is 3.28. The minimum atomic E-state index is -0.650. The van der Waals surface area contributed by atoms with Crippen LogP contribution in [0.15, 0.2) is 0 Å². The Balaban J connectivity index is 2.06. The number of carbonyl (C=O) groups excluding carboxylic acids is 2. The lowest BCUT2D eigenvalue weighted by Gasteiger charge is -2.40. The van der Waals surface area contributed by atoms with Crippen molar-refractivity contribution in [3.05, 3.63) is 0 Å². The Morgan fingerprint density at radius 3 is 2.08 bits per heavy atom. The van der Waals surface area contributed by atoms with Crippen LogP contribution in [0.25, 0.3) is 0 Å². The van der Waals surface area contributed by atoms with Gasteiger partial charge in [0.15, 0.2) is 0 Å². The molecule has 0 amide bonds. The quantitative estimate of drug-likeness (QED) is 0.622. The third-order valence-electron chi connectivity index (χ3n) is 8.05. The summed E-state index contributed by atoms with van der Waals surface area (Å²) in [6.07, 6.45) is 3.81. The first kappa shape index (κ1) is 20.5. The second-order valence-corrected chi connectivity index (χ2v) is 11.0. The molecule has 2 saturated carbocycles. The van der Waals surface area contributed by atoms with Gasteiger partial charge in [-0.2, -0.15) is 0 Å². The van der Waals surface area contributed by atoms with Gasteiger partial charge >= 0.3 is 5.97 Å². The molecule has 0 aromatic carbocycles. The zero-order chi connectivity index (χ0) is 19.4. The molecule has 0 N–H and O–H groups in total. The minimum Gasteiger partial charge on any atom is -0.461 e. The van der Waals surface area contributed by atoms with E-state index in [0.29, 0.717) is 12.3 Å². The summed E-state index contributed by atoms with van der Waals surface area (Å²) in [4.78, 5) is 25.4. The summed E-state index contributed by atoms with van der Waals surface area (Å²) in [5.74, 6) is 0.676. The number of esters is 1. The van der Waals surface area contributed by atoms with Gasteiger partial charge in [0.1, 0.15) is 11.9 Å². The first-order chi connectivity index (χ1) is 11.1. The number of hydrogen-bond acceptors (Lipinski definition) is 3. The number of rotatable bonds is 5. The van der Waals surface area contributed by atoms with E-state index in [4.69, 9.17) is 4.74 Å². The molecule has 0 aliphatic heterocycles. The van der Waals surface area contributed by atoms with Crippen molar-refractivity contribution >= 4 is 11.8 Å². The van der Waals surface area contributed by atoms with Crippen molar-refractivity contribution in [3.63, 3.8) is 0 Å². The first-order valence-electron chi connectivity index (χ1n) is 9.88. The number of fused-ring (bicyclic) bond motifs is 2. The van der Waals surface area contributed by atoms with Crippen LogP contribution in [0, 0.1) is 33.5 Å². The van der Waals surface area contributed by atoms with Crippen molar-refractivity contribution in [1.82, 2.24) is 0 Å².